The van der Waals surface area contributed by atoms with Crippen LogP contribution in [0.3, 0.4) is 0 Å². The second-order valence-corrected chi connectivity index (χ2v) is 8.03. The van der Waals surface area contributed by atoms with Crippen molar-refractivity contribution in [3.63, 3.8) is 0 Å². The molecule has 0 aliphatic carbocycles. The topological polar surface area (TPSA) is 83.8 Å². The highest BCUT2D eigenvalue weighted by Gasteiger charge is 2.20. The van der Waals surface area contributed by atoms with Gasteiger partial charge in [0.15, 0.2) is 0 Å². The first-order chi connectivity index (χ1) is 13.5. The minimum atomic E-state index is -0.955. The molecule has 0 amide bonds. The van der Waals surface area contributed by atoms with Gasteiger partial charge in [-0.3, -0.25) is 9.59 Å². The molecule has 5 nitrogen and oxygen atoms in total. The van der Waals surface area contributed by atoms with Gasteiger partial charge in [-0.1, -0.05) is 90.9 Å². The third kappa shape index (κ3) is 18.3. The van der Waals surface area contributed by atoms with Crippen LogP contribution in [0.5, 0.6) is 0 Å². The predicted molar refractivity (Wildman–Crippen MR) is 113 cm³/mol. The van der Waals surface area contributed by atoms with Gasteiger partial charge < -0.3 is 14.9 Å². The maximum Gasteiger partial charge on any atom is 0.308 e. The zero-order valence-corrected chi connectivity index (χ0v) is 18.3. The number of carboxylic acid groups (broad SMARTS) is 1. The molecule has 5 heteroatoms. The van der Waals surface area contributed by atoms with Gasteiger partial charge in [-0.2, -0.15) is 0 Å². The third-order valence-corrected chi connectivity index (χ3v) is 5.12. The smallest absolute Gasteiger partial charge is 0.308 e. The Bertz CT molecular complexity index is 383. The van der Waals surface area contributed by atoms with E-state index >= 15 is 0 Å². The SMILES string of the molecule is CCCCCCCCCCCC(O)CC(=O)OC(CCCCCC)CC(=O)O. The number of carbonyl (C=O) groups excluding carboxylic acids is 1. The number of hydrogen-bond donors (Lipinski definition) is 2. The molecule has 0 aromatic carbocycles. The van der Waals surface area contributed by atoms with Gasteiger partial charge >= 0.3 is 11.9 Å². The maximum atomic E-state index is 12.0. The molecule has 166 valence electrons. The molecule has 0 aromatic rings. The van der Waals surface area contributed by atoms with Crippen molar-refractivity contribution >= 4 is 11.9 Å². The number of ether oxygens (including phenoxy) is 1. The molecule has 0 saturated heterocycles. The van der Waals surface area contributed by atoms with Crippen molar-refractivity contribution in [2.24, 2.45) is 0 Å². The van der Waals surface area contributed by atoms with E-state index in [-0.39, 0.29) is 12.8 Å². The summed E-state index contributed by atoms with van der Waals surface area (Å²) >= 11 is 0. The lowest BCUT2D eigenvalue weighted by Gasteiger charge is -2.17. The molecule has 0 aliphatic rings. The van der Waals surface area contributed by atoms with Crippen molar-refractivity contribution in [3.05, 3.63) is 0 Å². The average molecular weight is 401 g/mol. The average Bonchev–Trinajstić information content (AvgIpc) is 2.63. The molecular formula is C23H44O5. The van der Waals surface area contributed by atoms with Crippen LogP contribution in [0.2, 0.25) is 0 Å². The highest BCUT2D eigenvalue weighted by molar-refractivity contribution is 5.71. The molecule has 0 radical (unpaired) electrons. The Hall–Kier alpha value is -1.10. The Kier molecular flexibility index (Phi) is 18.5. The van der Waals surface area contributed by atoms with E-state index < -0.39 is 24.1 Å². The van der Waals surface area contributed by atoms with Crippen molar-refractivity contribution in [1.82, 2.24) is 0 Å². The molecular weight excluding hydrogens is 356 g/mol. The molecule has 0 spiro atoms. The number of rotatable bonds is 20. The first kappa shape index (κ1) is 26.9. The van der Waals surface area contributed by atoms with Gasteiger partial charge in [-0.05, 0) is 19.3 Å². The largest absolute Gasteiger partial charge is 0.481 e. The summed E-state index contributed by atoms with van der Waals surface area (Å²) < 4.78 is 5.32. The fraction of sp³-hybridized carbons (Fsp3) is 0.913. The summed E-state index contributed by atoms with van der Waals surface area (Å²) in [7, 11) is 0. The summed E-state index contributed by atoms with van der Waals surface area (Å²) in [6.45, 7) is 4.34. The standard InChI is InChI=1S/C23H44O5/c1-3-5-7-9-10-11-12-13-14-16-20(24)18-23(27)28-21(19-22(25)26)17-15-8-6-4-2/h20-21,24H,3-19H2,1-2H3,(H,25,26). The minimum absolute atomic E-state index is 0.0396. The van der Waals surface area contributed by atoms with Crippen LogP contribution in [0.1, 0.15) is 123 Å². The van der Waals surface area contributed by atoms with Gasteiger partial charge in [0.1, 0.15) is 6.10 Å². The Morgan fingerprint density at radius 3 is 1.71 bits per heavy atom. The predicted octanol–water partition coefficient (Wildman–Crippen LogP) is 6.02. The van der Waals surface area contributed by atoms with E-state index in [4.69, 9.17) is 9.84 Å². The highest BCUT2D eigenvalue weighted by Crippen LogP contribution is 2.15. The van der Waals surface area contributed by atoms with E-state index in [0.29, 0.717) is 12.8 Å². The van der Waals surface area contributed by atoms with Gasteiger partial charge in [0.05, 0.1) is 18.9 Å². The van der Waals surface area contributed by atoms with Crippen molar-refractivity contribution in [2.75, 3.05) is 0 Å². The van der Waals surface area contributed by atoms with E-state index in [1.54, 1.807) is 0 Å². The van der Waals surface area contributed by atoms with Gasteiger partial charge in [0, 0.05) is 0 Å². The number of carboxylic acids is 1. The molecule has 0 fully saturated rings. The van der Waals surface area contributed by atoms with Crippen LogP contribution in [0.25, 0.3) is 0 Å². The molecule has 0 rings (SSSR count). The fourth-order valence-corrected chi connectivity index (χ4v) is 3.42. The lowest BCUT2D eigenvalue weighted by Crippen LogP contribution is -2.24. The van der Waals surface area contributed by atoms with E-state index in [1.807, 2.05) is 0 Å². The molecule has 0 aliphatic heterocycles. The number of aliphatic carboxylic acids is 1. The summed E-state index contributed by atoms with van der Waals surface area (Å²) in [4.78, 5) is 23.0. The van der Waals surface area contributed by atoms with E-state index in [1.165, 1.54) is 44.9 Å². The number of aliphatic hydroxyl groups excluding tert-OH is 1. The second-order valence-electron chi connectivity index (χ2n) is 8.03. The Morgan fingerprint density at radius 1 is 0.714 bits per heavy atom. The van der Waals surface area contributed by atoms with Crippen molar-refractivity contribution in [2.45, 2.75) is 135 Å². The Balaban J connectivity index is 3.86. The van der Waals surface area contributed by atoms with Crippen molar-refractivity contribution < 1.29 is 24.5 Å². The summed E-state index contributed by atoms with van der Waals surface area (Å²) in [6.07, 6.45) is 14.8. The van der Waals surface area contributed by atoms with E-state index in [2.05, 4.69) is 13.8 Å². The zero-order valence-electron chi connectivity index (χ0n) is 18.3. The normalized spacial score (nSPS) is 13.2. The molecule has 0 saturated carbocycles. The van der Waals surface area contributed by atoms with Crippen LogP contribution in [0.4, 0.5) is 0 Å². The van der Waals surface area contributed by atoms with Crippen molar-refractivity contribution in [1.29, 1.82) is 0 Å². The molecule has 0 heterocycles. The van der Waals surface area contributed by atoms with E-state index in [0.717, 1.165) is 38.5 Å². The number of carbonyl (C=O) groups is 2. The fourth-order valence-electron chi connectivity index (χ4n) is 3.42. The summed E-state index contributed by atoms with van der Waals surface area (Å²) in [5, 5.41) is 19.0. The maximum absolute atomic E-state index is 12.0. The Morgan fingerprint density at radius 2 is 1.18 bits per heavy atom. The lowest BCUT2D eigenvalue weighted by atomic mass is 10.0. The molecule has 2 atom stereocenters. The first-order valence-electron chi connectivity index (χ1n) is 11.6. The van der Waals surface area contributed by atoms with E-state index in [9.17, 15) is 14.7 Å². The molecule has 2 unspecified atom stereocenters. The zero-order chi connectivity index (χ0) is 21.0. The lowest BCUT2D eigenvalue weighted by molar-refractivity contribution is -0.155. The quantitative estimate of drug-likeness (QED) is 0.193. The second kappa shape index (κ2) is 19.2. The number of esters is 1. The number of aliphatic hydroxyl groups is 1. The first-order valence-corrected chi connectivity index (χ1v) is 11.6. The monoisotopic (exact) mass is 400 g/mol. The highest BCUT2D eigenvalue weighted by atomic mass is 16.5. The van der Waals surface area contributed by atoms with Gasteiger partial charge in [0.2, 0.25) is 0 Å². The van der Waals surface area contributed by atoms with Crippen molar-refractivity contribution in [3.8, 4) is 0 Å². The van der Waals surface area contributed by atoms with Gasteiger partial charge in [0.25, 0.3) is 0 Å². The third-order valence-electron chi connectivity index (χ3n) is 5.12. The summed E-state index contributed by atoms with van der Waals surface area (Å²) in [5.41, 5.74) is 0. The van der Waals surface area contributed by atoms with Gasteiger partial charge in [-0.25, -0.2) is 0 Å². The van der Waals surface area contributed by atoms with Crippen LogP contribution < -0.4 is 0 Å². The Labute approximate surface area is 172 Å². The van der Waals surface area contributed by atoms with Crippen LogP contribution in [-0.2, 0) is 14.3 Å². The summed E-state index contributed by atoms with van der Waals surface area (Å²) in [6, 6.07) is 0. The van der Waals surface area contributed by atoms with Crippen LogP contribution in [-0.4, -0.2) is 34.4 Å². The number of hydrogen-bond acceptors (Lipinski definition) is 4. The molecule has 0 bridgehead atoms. The van der Waals surface area contributed by atoms with Gasteiger partial charge in [-0.15, -0.1) is 0 Å². The number of unbranched alkanes of at least 4 members (excludes halogenated alkanes) is 11. The minimum Gasteiger partial charge on any atom is -0.481 e. The summed E-state index contributed by atoms with van der Waals surface area (Å²) in [5.74, 6) is -1.44. The molecule has 28 heavy (non-hydrogen) atoms. The van der Waals surface area contributed by atoms with Crippen LogP contribution in [0, 0.1) is 0 Å². The molecule has 2 N–H and O–H groups in total. The van der Waals surface area contributed by atoms with Crippen LogP contribution in [0.15, 0.2) is 0 Å². The van der Waals surface area contributed by atoms with Crippen LogP contribution >= 0.6 is 0 Å². The molecule has 0 aromatic heterocycles.